The molecule has 0 N–H and O–H groups in total. The fourth-order valence-electron chi connectivity index (χ4n) is 14.8. The molecule has 0 atom stereocenters. The lowest BCUT2D eigenvalue weighted by atomic mass is 9.33. The lowest BCUT2D eigenvalue weighted by Gasteiger charge is -2.46. The first-order chi connectivity index (χ1) is 44.7. The van der Waals surface area contributed by atoms with E-state index in [-0.39, 0.29) is 12.1 Å². The van der Waals surface area contributed by atoms with Gasteiger partial charge in [0, 0.05) is 72.2 Å². The Morgan fingerprint density at radius 3 is 1.25 bits per heavy atom. The Hall–Kier alpha value is -11.9. The van der Waals surface area contributed by atoms with Gasteiger partial charge in [-0.25, -0.2) is 0 Å². The quantitative estimate of drug-likeness (QED) is 0.142. The zero-order valence-electron chi connectivity index (χ0n) is 50.5. The van der Waals surface area contributed by atoms with Gasteiger partial charge in [-0.05, 0) is 147 Å². The molecule has 0 radical (unpaired) electrons. The molecular weight excluding hydrogens is 1100 g/mol. The predicted molar refractivity (Wildman–Crippen MR) is 379 cm³/mol. The summed E-state index contributed by atoms with van der Waals surface area (Å²) < 4.78 is 4.70. The molecule has 17 rings (SSSR count). The highest BCUT2D eigenvalue weighted by molar-refractivity contribution is 7.00. The number of anilines is 6. The molecule has 0 amide bonds. The number of aromatic nitrogens is 2. The van der Waals surface area contributed by atoms with Crippen molar-refractivity contribution in [1.29, 1.82) is 10.5 Å². The van der Waals surface area contributed by atoms with Crippen LogP contribution in [0.2, 0.25) is 0 Å². The maximum atomic E-state index is 11.2. The summed E-state index contributed by atoms with van der Waals surface area (Å²) >= 11 is 0. The second-order valence-electron chi connectivity index (χ2n) is 25.0. The van der Waals surface area contributed by atoms with E-state index in [1.807, 2.05) is 12.1 Å². The van der Waals surface area contributed by atoms with E-state index in [2.05, 4.69) is 331 Å². The number of benzene rings is 13. The molecule has 4 heterocycles. The zero-order chi connectivity index (χ0) is 61.1. The van der Waals surface area contributed by atoms with Crippen molar-refractivity contribution in [1.82, 2.24) is 9.13 Å². The topological polar surface area (TPSA) is 63.9 Å². The van der Waals surface area contributed by atoms with Crippen LogP contribution >= 0.6 is 0 Å². The van der Waals surface area contributed by atoms with E-state index in [0.29, 0.717) is 11.1 Å². The summed E-state index contributed by atoms with van der Waals surface area (Å²) in [6, 6.07) is 110. The van der Waals surface area contributed by atoms with Crippen LogP contribution in [0, 0.1) is 22.7 Å². The van der Waals surface area contributed by atoms with E-state index in [1.54, 1.807) is 0 Å². The van der Waals surface area contributed by atoms with Gasteiger partial charge >= 0.3 is 0 Å². The van der Waals surface area contributed by atoms with Crippen molar-refractivity contribution in [3.05, 3.63) is 308 Å². The Morgan fingerprint density at radius 1 is 0.319 bits per heavy atom. The highest BCUT2D eigenvalue weighted by Crippen LogP contribution is 2.51. The van der Waals surface area contributed by atoms with Gasteiger partial charge in [-0.2, -0.15) is 10.5 Å². The van der Waals surface area contributed by atoms with Crippen LogP contribution in [-0.2, 0) is 5.41 Å². The molecule has 0 spiro atoms. The highest BCUT2D eigenvalue weighted by Gasteiger charge is 2.45. The van der Waals surface area contributed by atoms with Crippen LogP contribution in [0.3, 0.4) is 0 Å². The minimum atomic E-state index is -0.301. The molecule has 15 aromatic rings. The second kappa shape index (κ2) is 20.9. The normalized spacial score (nSPS) is 12.5. The summed E-state index contributed by atoms with van der Waals surface area (Å²) in [6.07, 6.45) is 0. The van der Waals surface area contributed by atoms with E-state index >= 15 is 0 Å². The molecule has 0 saturated carbocycles. The second-order valence-corrected chi connectivity index (χ2v) is 25.0. The van der Waals surface area contributed by atoms with Crippen molar-refractivity contribution in [3.8, 4) is 68.0 Å². The largest absolute Gasteiger partial charge is 0.311 e. The fraction of sp³-hybridized carbons (Fsp3) is 0.0476. The molecular formula is C84H57BN6. The van der Waals surface area contributed by atoms with Crippen LogP contribution in [-0.4, -0.2) is 15.8 Å². The lowest BCUT2D eigenvalue weighted by molar-refractivity contribution is 0.590. The zero-order valence-corrected chi connectivity index (χ0v) is 50.5. The molecule has 91 heavy (non-hydrogen) atoms. The van der Waals surface area contributed by atoms with Gasteiger partial charge in [-0.3, -0.25) is 0 Å². The average molecular weight is 1160 g/mol. The van der Waals surface area contributed by atoms with Gasteiger partial charge in [0.1, 0.15) is 0 Å². The van der Waals surface area contributed by atoms with Crippen molar-refractivity contribution in [2.75, 3.05) is 9.80 Å². The Balaban J connectivity index is 0.965. The van der Waals surface area contributed by atoms with Crippen molar-refractivity contribution in [2.45, 2.75) is 26.2 Å². The summed E-state index contributed by atoms with van der Waals surface area (Å²) in [6.45, 7) is 6.70. The number of nitrogens with zero attached hydrogens (tertiary/aromatic N) is 6. The van der Waals surface area contributed by atoms with E-state index in [9.17, 15) is 10.5 Å². The Bertz CT molecular complexity index is 5470. The SMILES string of the molecule is CC(C)(C)c1cc2c3c(c1)N(c1ccccc1-c1ccccc1)c1cc(-c4cc(C#N)ccc4-n4c5ccccc5c5ccccc54)ccc1B3c1ccc(-c3cc(-n4c5ccccc5c5ccccc54)ccc3C#N)cc1N2c1ccccc1-c1ccccc1. The van der Waals surface area contributed by atoms with Gasteiger partial charge in [0.15, 0.2) is 0 Å². The van der Waals surface area contributed by atoms with Crippen molar-refractivity contribution in [2.24, 2.45) is 0 Å². The van der Waals surface area contributed by atoms with Crippen molar-refractivity contribution < 1.29 is 0 Å². The number of hydrogen-bond acceptors (Lipinski definition) is 4. The molecule has 6 nitrogen and oxygen atoms in total. The van der Waals surface area contributed by atoms with Gasteiger partial charge in [0.25, 0.3) is 6.71 Å². The van der Waals surface area contributed by atoms with Crippen LogP contribution in [0.4, 0.5) is 34.1 Å². The fourth-order valence-corrected chi connectivity index (χ4v) is 14.8. The van der Waals surface area contributed by atoms with Crippen molar-refractivity contribution in [3.63, 3.8) is 0 Å². The third kappa shape index (κ3) is 8.40. The first-order valence-corrected chi connectivity index (χ1v) is 31.1. The monoisotopic (exact) mass is 1160 g/mol. The highest BCUT2D eigenvalue weighted by atomic mass is 15.2. The first-order valence-electron chi connectivity index (χ1n) is 31.1. The Morgan fingerprint density at radius 2 is 0.769 bits per heavy atom. The number of fused-ring (bicyclic) bond motifs is 10. The van der Waals surface area contributed by atoms with E-state index in [4.69, 9.17) is 0 Å². The molecule has 0 bridgehead atoms. The molecule has 2 aromatic heterocycles. The van der Waals surface area contributed by atoms with Crippen LogP contribution in [0.15, 0.2) is 291 Å². The standard InChI is InChI=1S/C84H57BN6/c1-84(2,3)60-49-81-83-82(50-60)91(73-33-17-11-27-63(73)56-24-8-5-9-25-56)80-48-58(69-46-54(52-86)38-45-78(69)89-76-36-20-14-30-66(76)67-31-15-21-37-77(67)89)41-44-71(80)85(83)70-43-40-57(47-79(70)90(81)72-32-16-10-26-62(72)55-22-6-4-7-23-55)68-51-61(42-39-59(68)53-87)88-74-34-18-12-28-64(74)65-29-13-19-35-75(65)88/h4-51H,1-3H3. The molecule has 0 aliphatic carbocycles. The number of para-hydroxylation sites is 6. The smallest absolute Gasteiger partial charge is 0.252 e. The van der Waals surface area contributed by atoms with Crippen LogP contribution in [0.1, 0.15) is 37.5 Å². The summed E-state index contributed by atoms with van der Waals surface area (Å²) in [7, 11) is 0. The molecule has 2 aliphatic heterocycles. The Labute approximate surface area is 529 Å². The summed E-state index contributed by atoms with van der Waals surface area (Å²) in [5.41, 5.74) is 26.5. The molecule has 0 fully saturated rings. The molecule has 0 unspecified atom stereocenters. The van der Waals surface area contributed by atoms with E-state index < -0.39 is 0 Å². The van der Waals surface area contributed by atoms with Gasteiger partial charge in [-0.1, -0.05) is 215 Å². The average Bonchev–Trinajstić information content (AvgIpc) is 1.46. The third-order valence-electron chi connectivity index (χ3n) is 18.9. The number of nitriles is 2. The lowest BCUT2D eigenvalue weighted by Crippen LogP contribution is -2.61. The molecule has 7 heteroatoms. The summed E-state index contributed by atoms with van der Waals surface area (Å²) in [5, 5.41) is 26.6. The van der Waals surface area contributed by atoms with Crippen LogP contribution in [0.5, 0.6) is 0 Å². The van der Waals surface area contributed by atoms with Crippen molar-refractivity contribution >= 4 is 101 Å². The first kappa shape index (κ1) is 53.4. The van der Waals surface area contributed by atoms with Gasteiger partial charge in [0.05, 0.1) is 62.4 Å². The number of rotatable bonds is 8. The van der Waals surface area contributed by atoms with Gasteiger partial charge in [-0.15, -0.1) is 0 Å². The minimum Gasteiger partial charge on any atom is -0.311 e. The maximum Gasteiger partial charge on any atom is 0.252 e. The van der Waals surface area contributed by atoms with Gasteiger partial charge in [0.2, 0.25) is 0 Å². The predicted octanol–water partition coefficient (Wildman–Crippen LogP) is 19.7. The molecule has 0 saturated heterocycles. The minimum absolute atomic E-state index is 0.256. The van der Waals surface area contributed by atoms with E-state index in [0.717, 1.165) is 123 Å². The summed E-state index contributed by atoms with van der Waals surface area (Å²) in [5.74, 6) is 0. The molecule has 426 valence electrons. The Kier molecular flexibility index (Phi) is 12.2. The van der Waals surface area contributed by atoms with Crippen LogP contribution < -0.4 is 26.2 Å². The van der Waals surface area contributed by atoms with Crippen LogP contribution in [0.25, 0.3) is 99.5 Å². The number of hydrogen-bond donors (Lipinski definition) is 0. The maximum absolute atomic E-state index is 11.2. The summed E-state index contributed by atoms with van der Waals surface area (Å²) in [4.78, 5) is 5.07. The van der Waals surface area contributed by atoms with E-state index in [1.165, 1.54) is 32.6 Å². The molecule has 13 aromatic carbocycles. The third-order valence-corrected chi connectivity index (χ3v) is 18.9. The molecule has 2 aliphatic rings. The van der Waals surface area contributed by atoms with Gasteiger partial charge < -0.3 is 18.9 Å².